The van der Waals surface area contributed by atoms with Crippen LogP contribution >= 0.6 is 0 Å². The zero-order valence-corrected chi connectivity index (χ0v) is 8.02. The van der Waals surface area contributed by atoms with Gasteiger partial charge in [0.2, 0.25) is 0 Å². The molecule has 63 valence electrons. The van der Waals surface area contributed by atoms with E-state index in [4.69, 9.17) is 6.58 Å². The first-order valence-electron chi connectivity index (χ1n) is 4.26. The van der Waals surface area contributed by atoms with Crippen LogP contribution in [0.15, 0.2) is 18.2 Å². The van der Waals surface area contributed by atoms with Crippen LogP contribution in [-0.4, -0.2) is 0 Å². The molecule has 1 rings (SSSR count). The van der Waals surface area contributed by atoms with Crippen molar-refractivity contribution in [1.82, 2.24) is 0 Å². The zero-order valence-electron chi connectivity index (χ0n) is 8.02. The third kappa shape index (κ3) is 1.58. The molecule has 0 unspecified atom stereocenters. The molecule has 1 aromatic rings. The van der Waals surface area contributed by atoms with Gasteiger partial charge in [-0.3, -0.25) is 0 Å². The maximum absolute atomic E-state index is 5.39. The van der Waals surface area contributed by atoms with Crippen LogP contribution in [-0.2, 0) is 6.42 Å². The Hall–Kier alpha value is -1.04. The minimum Gasteiger partial charge on any atom is -0.0801 e. The lowest BCUT2D eigenvalue weighted by atomic mass is 9.97. The number of hydrogen-bond acceptors (Lipinski definition) is 0. The summed E-state index contributed by atoms with van der Waals surface area (Å²) in [6, 6.07) is 4.31. The molecule has 0 nitrogen and oxygen atoms in total. The molecule has 0 spiro atoms. The van der Waals surface area contributed by atoms with E-state index in [1.54, 1.807) is 6.08 Å². The Labute approximate surface area is 74.9 Å². The van der Waals surface area contributed by atoms with E-state index in [1.165, 1.54) is 22.3 Å². The van der Waals surface area contributed by atoms with Crippen LogP contribution in [0.4, 0.5) is 0 Å². The smallest absolute Gasteiger partial charge is 0.00916 e. The van der Waals surface area contributed by atoms with Gasteiger partial charge in [0.25, 0.3) is 0 Å². The highest BCUT2D eigenvalue weighted by atomic mass is 14.1. The molecule has 0 aromatic heterocycles. The summed E-state index contributed by atoms with van der Waals surface area (Å²) in [5, 5.41) is 0. The van der Waals surface area contributed by atoms with Crippen LogP contribution in [0.2, 0.25) is 0 Å². The van der Waals surface area contributed by atoms with Gasteiger partial charge in [0.15, 0.2) is 0 Å². The molecule has 1 radical (unpaired) electrons. The second-order valence-electron chi connectivity index (χ2n) is 3.23. The van der Waals surface area contributed by atoms with Crippen molar-refractivity contribution in [3.63, 3.8) is 0 Å². The number of allylic oxidation sites excluding steroid dienone is 1. The van der Waals surface area contributed by atoms with Gasteiger partial charge in [-0.2, -0.15) is 0 Å². The van der Waals surface area contributed by atoms with E-state index in [0.29, 0.717) is 0 Å². The highest BCUT2D eigenvalue weighted by Crippen LogP contribution is 2.17. The summed E-state index contributed by atoms with van der Waals surface area (Å²) in [5.41, 5.74) is 5.44. The van der Waals surface area contributed by atoms with Crippen molar-refractivity contribution in [2.45, 2.75) is 27.2 Å². The van der Waals surface area contributed by atoms with Crippen LogP contribution in [0.25, 0.3) is 0 Å². The van der Waals surface area contributed by atoms with Gasteiger partial charge in [0.1, 0.15) is 0 Å². The first-order chi connectivity index (χ1) is 5.66. The number of rotatable bonds is 2. The molecule has 1 aromatic carbocycles. The fourth-order valence-electron chi connectivity index (χ4n) is 1.36. The Balaban J connectivity index is 3.16. The van der Waals surface area contributed by atoms with E-state index in [2.05, 4.69) is 32.9 Å². The lowest BCUT2D eigenvalue weighted by molar-refractivity contribution is 1.16. The molecule has 0 bridgehead atoms. The predicted molar refractivity (Wildman–Crippen MR) is 53.2 cm³/mol. The third-order valence-electron chi connectivity index (χ3n) is 2.51. The molecule has 0 aliphatic heterocycles. The Kier molecular flexibility index (Phi) is 2.69. The maximum atomic E-state index is 5.39. The summed E-state index contributed by atoms with van der Waals surface area (Å²) in [5.74, 6) is 0. The van der Waals surface area contributed by atoms with Gasteiger partial charge < -0.3 is 0 Å². The van der Waals surface area contributed by atoms with Gasteiger partial charge >= 0.3 is 0 Å². The molecule has 0 heterocycles. The standard InChI is InChI=1S/C12H15/c1-5-6-12-8-7-9(2)10(3)11(12)4/h1,5,7-8H,6H2,2-4H3. The Morgan fingerprint density at radius 1 is 1.17 bits per heavy atom. The first kappa shape index (κ1) is 9.05. The van der Waals surface area contributed by atoms with Crippen LogP contribution in [0.1, 0.15) is 22.3 Å². The molecule has 12 heavy (non-hydrogen) atoms. The fourth-order valence-corrected chi connectivity index (χ4v) is 1.36. The molecule has 0 aliphatic rings. The van der Waals surface area contributed by atoms with E-state index in [1.807, 2.05) is 0 Å². The van der Waals surface area contributed by atoms with E-state index >= 15 is 0 Å². The van der Waals surface area contributed by atoms with Gasteiger partial charge in [0.05, 0.1) is 0 Å². The summed E-state index contributed by atoms with van der Waals surface area (Å²) in [6.07, 6.45) is 2.57. The van der Waals surface area contributed by atoms with Crippen molar-refractivity contribution >= 4 is 0 Å². The molecule has 0 atom stereocenters. The van der Waals surface area contributed by atoms with Crippen molar-refractivity contribution < 1.29 is 0 Å². The number of benzene rings is 1. The SMILES string of the molecule is [CH]=CCc1ccc(C)c(C)c1C. The van der Waals surface area contributed by atoms with Gasteiger partial charge in [-0.05, 0) is 49.4 Å². The highest BCUT2D eigenvalue weighted by Gasteiger charge is 2.00. The van der Waals surface area contributed by atoms with Gasteiger partial charge in [-0.1, -0.05) is 24.8 Å². The Morgan fingerprint density at radius 3 is 2.42 bits per heavy atom. The molecular formula is C12H15. The second kappa shape index (κ2) is 3.57. The molecule has 0 aliphatic carbocycles. The van der Waals surface area contributed by atoms with E-state index < -0.39 is 0 Å². The summed E-state index contributed by atoms with van der Waals surface area (Å²) in [4.78, 5) is 0. The van der Waals surface area contributed by atoms with Gasteiger partial charge in [-0.15, -0.1) is 0 Å². The van der Waals surface area contributed by atoms with Crippen LogP contribution < -0.4 is 0 Å². The zero-order chi connectivity index (χ0) is 9.14. The minimum absolute atomic E-state index is 0.868. The third-order valence-corrected chi connectivity index (χ3v) is 2.51. The molecule has 0 fully saturated rings. The van der Waals surface area contributed by atoms with Crippen molar-refractivity contribution in [2.75, 3.05) is 0 Å². The van der Waals surface area contributed by atoms with Crippen molar-refractivity contribution in [1.29, 1.82) is 0 Å². The molecular weight excluding hydrogens is 144 g/mol. The Bertz CT molecular complexity index is 295. The van der Waals surface area contributed by atoms with Crippen LogP contribution in [0, 0.1) is 27.4 Å². The molecule has 0 N–H and O–H groups in total. The molecule has 0 saturated carbocycles. The average molecular weight is 159 g/mol. The van der Waals surface area contributed by atoms with Crippen molar-refractivity contribution in [2.24, 2.45) is 0 Å². The lowest BCUT2D eigenvalue weighted by Gasteiger charge is -2.08. The second-order valence-corrected chi connectivity index (χ2v) is 3.23. The predicted octanol–water partition coefficient (Wildman–Crippen LogP) is 3.14. The van der Waals surface area contributed by atoms with Crippen molar-refractivity contribution in [3.8, 4) is 0 Å². The first-order valence-corrected chi connectivity index (χ1v) is 4.26. The average Bonchev–Trinajstić information content (AvgIpc) is 2.07. The topological polar surface area (TPSA) is 0 Å². The van der Waals surface area contributed by atoms with Crippen LogP contribution in [0.5, 0.6) is 0 Å². The van der Waals surface area contributed by atoms with E-state index in [-0.39, 0.29) is 0 Å². The maximum Gasteiger partial charge on any atom is -0.00916 e. The largest absolute Gasteiger partial charge is 0.0801 e. The minimum atomic E-state index is 0.868. The van der Waals surface area contributed by atoms with E-state index in [0.717, 1.165) is 6.42 Å². The highest BCUT2D eigenvalue weighted by molar-refractivity contribution is 5.39. The fraction of sp³-hybridized carbons (Fsp3) is 0.333. The molecule has 0 amide bonds. The van der Waals surface area contributed by atoms with Crippen LogP contribution in [0.3, 0.4) is 0 Å². The quantitative estimate of drug-likeness (QED) is 0.622. The summed E-state index contributed by atoms with van der Waals surface area (Å²) < 4.78 is 0. The molecule has 0 heteroatoms. The lowest BCUT2D eigenvalue weighted by Crippen LogP contribution is -1.92. The van der Waals surface area contributed by atoms with E-state index in [9.17, 15) is 0 Å². The summed E-state index contributed by atoms with van der Waals surface area (Å²) >= 11 is 0. The van der Waals surface area contributed by atoms with Crippen molar-refractivity contribution in [3.05, 3.63) is 47.0 Å². The normalized spacial score (nSPS) is 9.92. The number of aryl methyl sites for hydroxylation is 1. The Morgan fingerprint density at radius 2 is 1.83 bits per heavy atom. The van der Waals surface area contributed by atoms with Gasteiger partial charge in [-0.25, -0.2) is 0 Å². The number of hydrogen-bond donors (Lipinski definition) is 0. The summed E-state index contributed by atoms with van der Waals surface area (Å²) in [6.45, 7) is 11.8. The van der Waals surface area contributed by atoms with Gasteiger partial charge in [0, 0.05) is 0 Å². The summed E-state index contributed by atoms with van der Waals surface area (Å²) in [7, 11) is 0. The monoisotopic (exact) mass is 159 g/mol. The molecule has 0 saturated heterocycles.